The van der Waals surface area contributed by atoms with E-state index in [0.717, 1.165) is 42.5 Å². The molecule has 2 N–H and O–H groups in total. The molecule has 0 radical (unpaired) electrons. The van der Waals surface area contributed by atoms with Crippen molar-refractivity contribution in [1.82, 2.24) is 25.1 Å². The predicted molar refractivity (Wildman–Crippen MR) is 119 cm³/mol. The van der Waals surface area contributed by atoms with Crippen LogP contribution < -0.4 is 15.4 Å². The van der Waals surface area contributed by atoms with Crippen LogP contribution in [0.1, 0.15) is 48.2 Å². The van der Waals surface area contributed by atoms with E-state index >= 15 is 0 Å². The third kappa shape index (κ3) is 5.20. The number of anilines is 2. The van der Waals surface area contributed by atoms with Crippen LogP contribution in [0.3, 0.4) is 0 Å². The Morgan fingerprint density at radius 1 is 1.13 bits per heavy atom. The van der Waals surface area contributed by atoms with E-state index in [1.807, 2.05) is 31.2 Å². The number of ether oxygens (including phenoxy) is 1. The van der Waals surface area contributed by atoms with Crippen LogP contribution in [-0.2, 0) is 19.4 Å². The van der Waals surface area contributed by atoms with Gasteiger partial charge in [0.25, 0.3) is 5.91 Å². The Balaban J connectivity index is 1.37. The lowest BCUT2D eigenvalue weighted by molar-refractivity contribution is 0.0954. The minimum Gasteiger partial charge on any atom is -0.494 e. The van der Waals surface area contributed by atoms with Crippen molar-refractivity contribution in [2.45, 2.75) is 45.6 Å². The molecule has 1 aromatic carbocycles. The maximum Gasteiger partial charge on any atom is 0.255 e. The van der Waals surface area contributed by atoms with Gasteiger partial charge in [-0.05, 0) is 56.2 Å². The first-order valence-electron chi connectivity index (χ1n) is 10.9. The van der Waals surface area contributed by atoms with Crippen molar-refractivity contribution in [2.24, 2.45) is 0 Å². The summed E-state index contributed by atoms with van der Waals surface area (Å²) in [6, 6.07) is 11.1. The van der Waals surface area contributed by atoms with Crippen LogP contribution in [0, 0.1) is 0 Å². The minimum atomic E-state index is -0.169. The summed E-state index contributed by atoms with van der Waals surface area (Å²) >= 11 is 0. The average molecular weight is 421 g/mol. The summed E-state index contributed by atoms with van der Waals surface area (Å²) in [5.74, 6) is 3.15. The first kappa shape index (κ1) is 20.8. The number of carbonyl (C=O) groups is 1. The van der Waals surface area contributed by atoms with E-state index in [2.05, 4.69) is 30.4 Å². The van der Waals surface area contributed by atoms with Gasteiger partial charge in [-0.15, -0.1) is 10.2 Å². The fraction of sp³-hybridized carbons (Fsp3) is 0.391. The van der Waals surface area contributed by atoms with Gasteiger partial charge in [0.05, 0.1) is 12.2 Å². The summed E-state index contributed by atoms with van der Waals surface area (Å²) in [5.41, 5.74) is 1.33. The summed E-state index contributed by atoms with van der Waals surface area (Å²) in [6.07, 6.45) is 6.85. The number of carbonyl (C=O) groups excluding carboxylic acids is 1. The summed E-state index contributed by atoms with van der Waals surface area (Å²) in [6.45, 7) is 4.03. The van der Waals surface area contributed by atoms with Gasteiger partial charge in [0.1, 0.15) is 23.2 Å². The molecule has 3 aromatic rings. The SMILES string of the molecule is CCOc1ccc(Nc2ncccc2C(=O)NCCc2nnc3n2CCCCC3)cc1. The smallest absolute Gasteiger partial charge is 0.255 e. The Morgan fingerprint density at radius 3 is 2.84 bits per heavy atom. The number of rotatable bonds is 8. The summed E-state index contributed by atoms with van der Waals surface area (Å²) in [7, 11) is 0. The van der Waals surface area contributed by atoms with E-state index in [0.29, 0.717) is 31.0 Å². The van der Waals surface area contributed by atoms with Crippen LogP contribution in [0.5, 0.6) is 5.75 Å². The predicted octanol–water partition coefficient (Wildman–Crippen LogP) is 3.51. The second-order valence-electron chi connectivity index (χ2n) is 7.48. The summed E-state index contributed by atoms with van der Waals surface area (Å²) in [4.78, 5) is 17.2. The van der Waals surface area contributed by atoms with Gasteiger partial charge in [-0.3, -0.25) is 4.79 Å². The number of aryl methyl sites for hydroxylation is 1. The van der Waals surface area contributed by atoms with E-state index < -0.39 is 0 Å². The lowest BCUT2D eigenvalue weighted by Crippen LogP contribution is -2.27. The Kier molecular flexibility index (Phi) is 6.76. The number of nitrogens with one attached hydrogen (secondary N) is 2. The topological polar surface area (TPSA) is 94.0 Å². The molecule has 1 aliphatic rings. The Morgan fingerprint density at radius 2 is 2.00 bits per heavy atom. The second-order valence-corrected chi connectivity index (χ2v) is 7.48. The lowest BCUT2D eigenvalue weighted by atomic mass is 10.2. The molecule has 0 saturated heterocycles. The zero-order valence-electron chi connectivity index (χ0n) is 17.8. The number of benzene rings is 1. The van der Waals surface area contributed by atoms with E-state index in [9.17, 15) is 4.79 Å². The van der Waals surface area contributed by atoms with Crippen LogP contribution in [0.4, 0.5) is 11.5 Å². The van der Waals surface area contributed by atoms with Crippen molar-refractivity contribution in [3.8, 4) is 5.75 Å². The molecule has 1 amide bonds. The number of nitrogens with zero attached hydrogens (tertiary/aromatic N) is 4. The largest absolute Gasteiger partial charge is 0.494 e. The Hall–Kier alpha value is -3.42. The third-order valence-electron chi connectivity index (χ3n) is 5.30. The maximum absolute atomic E-state index is 12.8. The molecule has 0 unspecified atom stereocenters. The molecular formula is C23H28N6O2. The number of hydrogen-bond acceptors (Lipinski definition) is 6. The van der Waals surface area contributed by atoms with E-state index in [1.165, 1.54) is 12.8 Å². The van der Waals surface area contributed by atoms with Gasteiger partial charge in [0.2, 0.25) is 0 Å². The zero-order chi connectivity index (χ0) is 21.5. The van der Waals surface area contributed by atoms with Crippen molar-refractivity contribution < 1.29 is 9.53 Å². The molecule has 8 nitrogen and oxygen atoms in total. The first-order chi connectivity index (χ1) is 15.2. The number of amides is 1. The highest BCUT2D eigenvalue weighted by Gasteiger charge is 2.16. The molecule has 3 heterocycles. The number of hydrogen-bond donors (Lipinski definition) is 2. The highest BCUT2D eigenvalue weighted by Crippen LogP contribution is 2.21. The monoisotopic (exact) mass is 420 g/mol. The summed E-state index contributed by atoms with van der Waals surface area (Å²) in [5, 5.41) is 14.9. The fourth-order valence-corrected chi connectivity index (χ4v) is 3.74. The van der Waals surface area contributed by atoms with E-state index in [1.54, 1.807) is 18.3 Å². The zero-order valence-corrected chi connectivity index (χ0v) is 17.8. The molecule has 0 saturated carbocycles. The molecule has 162 valence electrons. The van der Waals surface area contributed by atoms with Gasteiger partial charge in [-0.25, -0.2) is 4.98 Å². The minimum absolute atomic E-state index is 0.169. The van der Waals surface area contributed by atoms with Crippen LogP contribution >= 0.6 is 0 Å². The molecule has 0 spiro atoms. The number of pyridine rings is 1. The van der Waals surface area contributed by atoms with Gasteiger partial charge < -0.3 is 19.9 Å². The molecule has 1 aliphatic heterocycles. The molecule has 2 aromatic heterocycles. The van der Waals surface area contributed by atoms with Crippen molar-refractivity contribution in [1.29, 1.82) is 0 Å². The molecule has 8 heteroatoms. The maximum atomic E-state index is 12.8. The molecule has 0 bridgehead atoms. The molecule has 31 heavy (non-hydrogen) atoms. The third-order valence-corrected chi connectivity index (χ3v) is 5.30. The number of aromatic nitrogens is 4. The fourth-order valence-electron chi connectivity index (χ4n) is 3.74. The molecule has 0 atom stereocenters. The molecule has 4 rings (SSSR count). The van der Waals surface area contributed by atoms with Crippen molar-refractivity contribution >= 4 is 17.4 Å². The highest BCUT2D eigenvalue weighted by molar-refractivity contribution is 5.99. The van der Waals surface area contributed by atoms with Crippen LogP contribution in [-0.4, -0.2) is 38.8 Å². The second kappa shape index (κ2) is 10.1. The van der Waals surface area contributed by atoms with Gasteiger partial charge in [-0.2, -0.15) is 0 Å². The summed E-state index contributed by atoms with van der Waals surface area (Å²) < 4.78 is 7.68. The van der Waals surface area contributed by atoms with Crippen LogP contribution in [0.25, 0.3) is 0 Å². The Labute approximate surface area is 182 Å². The standard InChI is InChI=1S/C23H28N6O2/c1-2-31-18-11-9-17(10-12-18)26-22-19(7-6-14-24-22)23(30)25-15-13-21-28-27-20-8-4-3-5-16-29(20)21/h6-7,9-12,14H,2-5,8,13,15-16H2,1H3,(H,24,26)(H,25,30). The Bertz CT molecular complexity index is 1020. The van der Waals surface area contributed by atoms with Gasteiger partial charge in [-0.1, -0.05) is 6.42 Å². The lowest BCUT2D eigenvalue weighted by Gasteiger charge is -2.12. The van der Waals surface area contributed by atoms with Crippen molar-refractivity contribution in [3.05, 3.63) is 59.8 Å². The van der Waals surface area contributed by atoms with Crippen molar-refractivity contribution in [3.63, 3.8) is 0 Å². The van der Waals surface area contributed by atoms with Crippen LogP contribution in [0.15, 0.2) is 42.6 Å². The van der Waals surface area contributed by atoms with Crippen LogP contribution in [0.2, 0.25) is 0 Å². The van der Waals surface area contributed by atoms with E-state index in [-0.39, 0.29) is 5.91 Å². The molecule has 0 fully saturated rings. The number of fused-ring (bicyclic) bond motifs is 1. The quantitative estimate of drug-likeness (QED) is 0.579. The first-order valence-corrected chi connectivity index (χ1v) is 10.9. The normalized spacial score (nSPS) is 13.2. The van der Waals surface area contributed by atoms with Gasteiger partial charge in [0, 0.05) is 37.8 Å². The average Bonchev–Trinajstić information content (AvgIpc) is 3.01. The van der Waals surface area contributed by atoms with E-state index in [4.69, 9.17) is 4.74 Å². The molecule has 0 aliphatic carbocycles. The highest BCUT2D eigenvalue weighted by atomic mass is 16.5. The van der Waals surface area contributed by atoms with Gasteiger partial charge in [0.15, 0.2) is 0 Å². The van der Waals surface area contributed by atoms with Crippen molar-refractivity contribution in [2.75, 3.05) is 18.5 Å². The van der Waals surface area contributed by atoms with Gasteiger partial charge >= 0.3 is 0 Å². The molecular weight excluding hydrogens is 392 g/mol.